The molecule has 1 aromatic carbocycles. The summed E-state index contributed by atoms with van der Waals surface area (Å²) in [6.45, 7) is 2.94. The van der Waals surface area contributed by atoms with Gasteiger partial charge in [0, 0.05) is 29.7 Å². The van der Waals surface area contributed by atoms with Crippen molar-refractivity contribution in [1.29, 1.82) is 0 Å². The fourth-order valence-corrected chi connectivity index (χ4v) is 2.08. The molecule has 0 bridgehead atoms. The molecule has 0 fully saturated rings. The molecule has 0 saturated carbocycles. The minimum atomic E-state index is 0.178. The van der Waals surface area contributed by atoms with Crippen LogP contribution in [0.2, 0.25) is 0 Å². The average Bonchev–Trinajstić information content (AvgIpc) is 2.34. The largest absolute Gasteiger partial charge is 0.396 e. The van der Waals surface area contributed by atoms with Gasteiger partial charge in [0.1, 0.15) is 0 Å². The van der Waals surface area contributed by atoms with Crippen LogP contribution in [-0.4, -0.2) is 24.3 Å². The Bertz CT molecular complexity index is 316. The molecule has 3 nitrogen and oxygen atoms in total. The first-order valence-electron chi connectivity index (χ1n) is 5.99. The molecule has 2 unspecified atom stereocenters. The first-order valence-corrected chi connectivity index (χ1v) is 6.79. The molecule has 1 aromatic rings. The van der Waals surface area contributed by atoms with Crippen molar-refractivity contribution in [2.24, 2.45) is 5.73 Å². The second-order valence-corrected chi connectivity index (χ2v) is 5.19. The fourth-order valence-electron chi connectivity index (χ4n) is 1.82. The van der Waals surface area contributed by atoms with Gasteiger partial charge in [0.15, 0.2) is 0 Å². The van der Waals surface area contributed by atoms with Crippen LogP contribution in [0.4, 0.5) is 0 Å². The van der Waals surface area contributed by atoms with Crippen LogP contribution in [0.15, 0.2) is 28.7 Å². The average molecular weight is 301 g/mol. The van der Waals surface area contributed by atoms with Crippen LogP contribution in [0.1, 0.15) is 31.4 Å². The highest BCUT2D eigenvalue weighted by Crippen LogP contribution is 2.17. The van der Waals surface area contributed by atoms with Crippen LogP contribution in [0.25, 0.3) is 0 Å². The van der Waals surface area contributed by atoms with Crippen molar-refractivity contribution in [1.82, 2.24) is 5.32 Å². The molecule has 0 aromatic heterocycles. The van der Waals surface area contributed by atoms with Crippen molar-refractivity contribution >= 4 is 15.9 Å². The van der Waals surface area contributed by atoms with Gasteiger partial charge in [0.25, 0.3) is 0 Å². The van der Waals surface area contributed by atoms with E-state index in [1.54, 1.807) is 0 Å². The van der Waals surface area contributed by atoms with Crippen molar-refractivity contribution in [2.75, 3.05) is 13.2 Å². The Hall–Kier alpha value is -0.420. The highest BCUT2D eigenvalue weighted by Gasteiger charge is 2.12. The molecule has 0 amide bonds. The van der Waals surface area contributed by atoms with Gasteiger partial charge in [0.05, 0.1) is 0 Å². The van der Waals surface area contributed by atoms with E-state index in [-0.39, 0.29) is 12.6 Å². The Morgan fingerprint density at radius 2 is 2.00 bits per heavy atom. The molecule has 4 N–H and O–H groups in total. The minimum Gasteiger partial charge on any atom is -0.396 e. The number of halogens is 1. The Kier molecular flexibility index (Phi) is 6.73. The number of aliphatic hydroxyl groups is 1. The Morgan fingerprint density at radius 1 is 1.35 bits per heavy atom. The molecule has 0 radical (unpaired) electrons. The van der Waals surface area contributed by atoms with E-state index in [0.717, 1.165) is 17.3 Å². The third-order valence-electron chi connectivity index (χ3n) is 2.79. The molecule has 17 heavy (non-hydrogen) atoms. The smallest absolute Gasteiger partial charge is 0.0446 e. The predicted octanol–water partition coefficient (Wildman–Crippen LogP) is 2.20. The lowest BCUT2D eigenvalue weighted by molar-refractivity contribution is 0.274. The first kappa shape index (κ1) is 14.6. The molecular weight excluding hydrogens is 280 g/mol. The van der Waals surface area contributed by atoms with Crippen molar-refractivity contribution in [2.45, 2.75) is 31.8 Å². The summed E-state index contributed by atoms with van der Waals surface area (Å²) >= 11 is 3.42. The number of rotatable bonds is 7. The number of aliphatic hydroxyl groups excluding tert-OH is 1. The number of nitrogens with one attached hydrogen (secondary N) is 1. The van der Waals surface area contributed by atoms with Gasteiger partial charge < -0.3 is 16.2 Å². The van der Waals surface area contributed by atoms with E-state index in [4.69, 9.17) is 10.8 Å². The SMILES string of the molecule is CC(CCCO)NC(CN)c1ccc(Br)cc1. The molecule has 0 spiro atoms. The maximum absolute atomic E-state index is 8.80. The van der Waals surface area contributed by atoms with Gasteiger partial charge in [-0.05, 0) is 37.5 Å². The number of hydrogen-bond donors (Lipinski definition) is 3. The summed E-state index contributed by atoms with van der Waals surface area (Å²) < 4.78 is 1.07. The lowest BCUT2D eigenvalue weighted by Crippen LogP contribution is -2.35. The Balaban J connectivity index is 2.56. The summed E-state index contributed by atoms with van der Waals surface area (Å²) in [5.41, 5.74) is 7.00. The van der Waals surface area contributed by atoms with Gasteiger partial charge in [0.2, 0.25) is 0 Å². The molecule has 0 aliphatic carbocycles. The molecule has 4 heteroatoms. The van der Waals surface area contributed by atoms with Gasteiger partial charge in [-0.3, -0.25) is 0 Å². The zero-order valence-electron chi connectivity index (χ0n) is 10.2. The third-order valence-corrected chi connectivity index (χ3v) is 3.32. The van der Waals surface area contributed by atoms with Crippen LogP contribution >= 0.6 is 15.9 Å². The van der Waals surface area contributed by atoms with E-state index >= 15 is 0 Å². The highest BCUT2D eigenvalue weighted by atomic mass is 79.9. The summed E-state index contributed by atoms with van der Waals surface area (Å²) in [7, 11) is 0. The summed E-state index contributed by atoms with van der Waals surface area (Å²) in [5, 5.41) is 12.3. The van der Waals surface area contributed by atoms with E-state index in [1.165, 1.54) is 5.56 Å². The zero-order valence-corrected chi connectivity index (χ0v) is 11.8. The van der Waals surface area contributed by atoms with E-state index in [1.807, 2.05) is 12.1 Å². The second kappa shape index (κ2) is 7.82. The van der Waals surface area contributed by atoms with E-state index in [0.29, 0.717) is 12.6 Å². The van der Waals surface area contributed by atoms with Crippen molar-refractivity contribution in [3.63, 3.8) is 0 Å². The molecule has 2 atom stereocenters. The maximum Gasteiger partial charge on any atom is 0.0446 e. The number of nitrogens with two attached hydrogens (primary N) is 1. The molecule has 0 aliphatic heterocycles. The normalized spacial score (nSPS) is 14.6. The van der Waals surface area contributed by atoms with Gasteiger partial charge >= 0.3 is 0 Å². The monoisotopic (exact) mass is 300 g/mol. The van der Waals surface area contributed by atoms with Gasteiger partial charge in [-0.1, -0.05) is 28.1 Å². The number of benzene rings is 1. The van der Waals surface area contributed by atoms with Crippen LogP contribution in [0, 0.1) is 0 Å². The lowest BCUT2D eigenvalue weighted by Gasteiger charge is -2.22. The summed E-state index contributed by atoms with van der Waals surface area (Å²) in [6.07, 6.45) is 1.79. The molecular formula is C13H21BrN2O. The molecule has 0 heterocycles. The van der Waals surface area contributed by atoms with Crippen LogP contribution in [-0.2, 0) is 0 Å². The summed E-state index contributed by atoms with van der Waals surface area (Å²) in [5.74, 6) is 0. The molecule has 0 saturated heterocycles. The lowest BCUT2D eigenvalue weighted by atomic mass is 10.1. The fraction of sp³-hybridized carbons (Fsp3) is 0.538. The van der Waals surface area contributed by atoms with E-state index in [9.17, 15) is 0 Å². The Morgan fingerprint density at radius 3 is 2.53 bits per heavy atom. The third kappa shape index (κ3) is 5.17. The van der Waals surface area contributed by atoms with Gasteiger partial charge in [-0.15, -0.1) is 0 Å². The molecule has 96 valence electrons. The van der Waals surface area contributed by atoms with Gasteiger partial charge in [-0.2, -0.15) is 0 Å². The van der Waals surface area contributed by atoms with Gasteiger partial charge in [-0.25, -0.2) is 0 Å². The van der Waals surface area contributed by atoms with E-state index < -0.39 is 0 Å². The predicted molar refractivity (Wildman–Crippen MR) is 74.9 cm³/mol. The standard InChI is InChI=1S/C13H21BrN2O/c1-10(3-2-8-17)16-13(9-15)11-4-6-12(14)7-5-11/h4-7,10,13,16-17H,2-3,8-9,15H2,1H3. The highest BCUT2D eigenvalue weighted by molar-refractivity contribution is 9.10. The molecule has 1 rings (SSSR count). The van der Waals surface area contributed by atoms with Crippen molar-refractivity contribution < 1.29 is 5.11 Å². The quantitative estimate of drug-likeness (QED) is 0.723. The maximum atomic E-state index is 8.80. The first-order chi connectivity index (χ1) is 8.17. The number of hydrogen-bond acceptors (Lipinski definition) is 3. The van der Waals surface area contributed by atoms with Crippen molar-refractivity contribution in [3.8, 4) is 0 Å². The van der Waals surface area contributed by atoms with E-state index in [2.05, 4.69) is 40.3 Å². The summed E-state index contributed by atoms with van der Waals surface area (Å²) in [4.78, 5) is 0. The summed E-state index contributed by atoms with van der Waals surface area (Å²) in [6, 6.07) is 8.74. The van der Waals surface area contributed by atoms with Crippen LogP contribution < -0.4 is 11.1 Å². The van der Waals surface area contributed by atoms with Crippen LogP contribution in [0.5, 0.6) is 0 Å². The zero-order chi connectivity index (χ0) is 12.7. The molecule has 0 aliphatic rings. The van der Waals surface area contributed by atoms with Crippen LogP contribution in [0.3, 0.4) is 0 Å². The van der Waals surface area contributed by atoms with Crippen molar-refractivity contribution in [3.05, 3.63) is 34.3 Å². The Labute approximate surface area is 112 Å². The second-order valence-electron chi connectivity index (χ2n) is 4.27. The minimum absolute atomic E-state index is 0.178. The topological polar surface area (TPSA) is 58.3 Å².